The SMILES string of the molecule is CC1NCCC1c1n[nH]c(=O)[nH]1. The molecule has 0 bridgehead atoms. The summed E-state index contributed by atoms with van der Waals surface area (Å²) in [6, 6.07) is 0.406. The molecule has 2 heterocycles. The van der Waals surface area contributed by atoms with Gasteiger partial charge in [-0.3, -0.25) is 4.98 Å². The Balaban J connectivity index is 2.24. The van der Waals surface area contributed by atoms with E-state index in [1.807, 2.05) is 0 Å². The van der Waals surface area contributed by atoms with Crippen LogP contribution in [0.2, 0.25) is 0 Å². The summed E-state index contributed by atoms with van der Waals surface area (Å²) < 4.78 is 0. The van der Waals surface area contributed by atoms with Crippen molar-refractivity contribution in [1.82, 2.24) is 20.5 Å². The molecule has 3 N–H and O–H groups in total. The highest BCUT2D eigenvalue weighted by Crippen LogP contribution is 2.22. The van der Waals surface area contributed by atoms with E-state index in [-0.39, 0.29) is 5.69 Å². The molecule has 1 saturated heterocycles. The van der Waals surface area contributed by atoms with Gasteiger partial charge in [-0.25, -0.2) is 9.89 Å². The maximum atomic E-state index is 10.8. The molecule has 0 aliphatic carbocycles. The van der Waals surface area contributed by atoms with Gasteiger partial charge in [0.1, 0.15) is 5.82 Å². The van der Waals surface area contributed by atoms with Gasteiger partial charge < -0.3 is 5.32 Å². The Bertz CT molecular complexity index is 315. The van der Waals surface area contributed by atoms with Crippen LogP contribution in [0.5, 0.6) is 0 Å². The molecule has 1 aromatic heterocycles. The second-order valence-corrected chi connectivity index (χ2v) is 3.20. The van der Waals surface area contributed by atoms with E-state index in [2.05, 4.69) is 27.4 Å². The molecule has 66 valence electrons. The summed E-state index contributed by atoms with van der Waals surface area (Å²) in [6.07, 6.45) is 1.04. The summed E-state index contributed by atoms with van der Waals surface area (Å²) in [7, 11) is 0. The van der Waals surface area contributed by atoms with Gasteiger partial charge in [0.2, 0.25) is 0 Å². The summed E-state index contributed by atoms with van der Waals surface area (Å²) in [4.78, 5) is 13.4. The van der Waals surface area contributed by atoms with E-state index in [9.17, 15) is 4.79 Å². The van der Waals surface area contributed by atoms with Gasteiger partial charge in [0.25, 0.3) is 0 Å². The zero-order chi connectivity index (χ0) is 8.55. The van der Waals surface area contributed by atoms with Gasteiger partial charge in [0.15, 0.2) is 0 Å². The van der Waals surface area contributed by atoms with E-state index in [4.69, 9.17) is 0 Å². The average molecular weight is 168 g/mol. The number of aromatic amines is 2. The maximum absolute atomic E-state index is 10.8. The predicted octanol–water partition coefficient (Wildman–Crippen LogP) is -0.437. The fourth-order valence-corrected chi connectivity index (χ4v) is 1.69. The Morgan fingerprint density at radius 2 is 2.42 bits per heavy atom. The molecule has 2 unspecified atom stereocenters. The lowest BCUT2D eigenvalue weighted by Gasteiger charge is -2.10. The van der Waals surface area contributed by atoms with E-state index < -0.39 is 0 Å². The highest BCUT2D eigenvalue weighted by Gasteiger charge is 2.26. The lowest BCUT2D eigenvalue weighted by Crippen LogP contribution is -2.22. The minimum absolute atomic E-state index is 0.218. The van der Waals surface area contributed by atoms with Crippen LogP contribution in [-0.4, -0.2) is 27.8 Å². The average Bonchev–Trinajstić information content (AvgIpc) is 2.58. The van der Waals surface area contributed by atoms with Crippen LogP contribution >= 0.6 is 0 Å². The van der Waals surface area contributed by atoms with Crippen LogP contribution in [0.4, 0.5) is 0 Å². The first kappa shape index (κ1) is 7.54. The minimum Gasteiger partial charge on any atom is -0.314 e. The first-order valence-corrected chi connectivity index (χ1v) is 4.15. The molecule has 2 atom stereocenters. The van der Waals surface area contributed by atoms with Gasteiger partial charge in [-0.2, -0.15) is 5.10 Å². The van der Waals surface area contributed by atoms with Gasteiger partial charge in [0, 0.05) is 12.0 Å². The van der Waals surface area contributed by atoms with Crippen molar-refractivity contribution in [1.29, 1.82) is 0 Å². The largest absolute Gasteiger partial charge is 0.340 e. The van der Waals surface area contributed by atoms with Crippen molar-refractivity contribution >= 4 is 0 Å². The fourth-order valence-electron chi connectivity index (χ4n) is 1.69. The standard InChI is InChI=1S/C7H12N4O/c1-4-5(2-3-8-4)6-9-7(12)11-10-6/h4-5,8H,2-3H2,1H3,(H2,9,10,11,12). The zero-order valence-electron chi connectivity index (χ0n) is 6.92. The quantitative estimate of drug-likeness (QED) is 0.532. The first-order chi connectivity index (χ1) is 5.77. The maximum Gasteiger partial charge on any atom is 0.340 e. The van der Waals surface area contributed by atoms with Crippen molar-refractivity contribution in [3.05, 3.63) is 16.3 Å². The molecule has 0 spiro atoms. The lowest BCUT2D eigenvalue weighted by atomic mass is 10.0. The highest BCUT2D eigenvalue weighted by atomic mass is 16.1. The van der Waals surface area contributed by atoms with Crippen LogP contribution in [0.1, 0.15) is 25.1 Å². The number of rotatable bonds is 1. The molecule has 1 aliphatic heterocycles. The Morgan fingerprint density at radius 1 is 1.58 bits per heavy atom. The van der Waals surface area contributed by atoms with E-state index in [1.54, 1.807) is 0 Å². The molecule has 5 heteroatoms. The molecule has 0 saturated carbocycles. The van der Waals surface area contributed by atoms with Crippen molar-refractivity contribution in [2.75, 3.05) is 6.54 Å². The first-order valence-electron chi connectivity index (χ1n) is 4.15. The zero-order valence-corrected chi connectivity index (χ0v) is 6.92. The number of hydrogen-bond acceptors (Lipinski definition) is 3. The highest BCUT2D eigenvalue weighted by molar-refractivity contribution is 5.01. The summed E-state index contributed by atoms with van der Waals surface area (Å²) in [5, 5.41) is 9.59. The summed E-state index contributed by atoms with van der Waals surface area (Å²) in [6.45, 7) is 3.10. The van der Waals surface area contributed by atoms with Crippen molar-refractivity contribution in [2.45, 2.75) is 25.3 Å². The van der Waals surface area contributed by atoms with Crippen molar-refractivity contribution < 1.29 is 0 Å². The van der Waals surface area contributed by atoms with Crippen LogP contribution in [0.15, 0.2) is 4.79 Å². The Labute approximate surface area is 69.6 Å². The monoisotopic (exact) mass is 168 g/mol. The predicted molar refractivity (Wildman–Crippen MR) is 44.0 cm³/mol. The van der Waals surface area contributed by atoms with Crippen molar-refractivity contribution in [3.63, 3.8) is 0 Å². The van der Waals surface area contributed by atoms with Crippen LogP contribution in [-0.2, 0) is 0 Å². The van der Waals surface area contributed by atoms with E-state index in [0.29, 0.717) is 12.0 Å². The minimum atomic E-state index is -0.218. The van der Waals surface area contributed by atoms with Gasteiger partial charge >= 0.3 is 5.69 Å². The molecule has 1 aliphatic rings. The van der Waals surface area contributed by atoms with Gasteiger partial charge in [-0.1, -0.05) is 0 Å². The fraction of sp³-hybridized carbons (Fsp3) is 0.714. The molecular weight excluding hydrogens is 156 g/mol. The molecule has 0 amide bonds. The third-order valence-electron chi connectivity index (χ3n) is 2.40. The van der Waals surface area contributed by atoms with Gasteiger partial charge in [0.05, 0.1) is 0 Å². The molecule has 0 aromatic carbocycles. The van der Waals surface area contributed by atoms with Crippen molar-refractivity contribution in [2.24, 2.45) is 0 Å². The molecule has 5 nitrogen and oxygen atoms in total. The molecular formula is C7H12N4O. The van der Waals surface area contributed by atoms with E-state index in [1.165, 1.54) is 0 Å². The third-order valence-corrected chi connectivity index (χ3v) is 2.40. The number of nitrogens with zero attached hydrogens (tertiary/aromatic N) is 1. The van der Waals surface area contributed by atoms with E-state index >= 15 is 0 Å². The van der Waals surface area contributed by atoms with E-state index in [0.717, 1.165) is 18.8 Å². The molecule has 1 fully saturated rings. The smallest absolute Gasteiger partial charge is 0.314 e. The second kappa shape index (κ2) is 2.75. The van der Waals surface area contributed by atoms with Gasteiger partial charge in [-0.15, -0.1) is 0 Å². The molecule has 1 aromatic rings. The van der Waals surface area contributed by atoms with Gasteiger partial charge in [-0.05, 0) is 19.9 Å². The van der Waals surface area contributed by atoms with Crippen LogP contribution in [0.3, 0.4) is 0 Å². The Kier molecular flexibility index (Phi) is 1.73. The topological polar surface area (TPSA) is 73.6 Å². The third kappa shape index (κ3) is 1.16. The number of nitrogens with one attached hydrogen (secondary N) is 3. The Hall–Kier alpha value is -1.10. The molecule has 2 rings (SSSR count). The summed E-state index contributed by atoms with van der Waals surface area (Å²) in [5.41, 5.74) is -0.218. The van der Waals surface area contributed by atoms with Crippen LogP contribution < -0.4 is 11.0 Å². The molecule has 12 heavy (non-hydrogen) atoms. The number of aromatic nitrogens is 3. The summed E-state index contributed by atoms with van der Waals surface area (Å²) >= 11 is 0. The number of H-pyrrole nitrogens is 2. The molecule has 0 radical (unpaired) electrons. The lowest BCUT2D eigenvalue weighted by molar-refractivity contribution is 0.569. The second-order valence-electron chi connectivity index (χ2n) is 3.20. The van der Waals surface area contributed by atoms with Crippen LogP contribution in [0.25, 0.3) is 0 Å². The van der Waals surface area contributed by atoms with Crippen molar-refractivity contribution in [3.8, 4) is 0 Å². The van der Waals surface area contributed by atoms with Crippen LogP contribution in [0, 0.1) is 0 Å². The Morgan fingerprint density at radius 3 is 2.92 bits per heavy atom. The number of hydrogen-bond donors (Lipinski definition) is 3. The normalized spacial score (nSPS) is 29.4. The summed E-state index contributed by atoms with van der Waals surface area (Å²) in [5.74, 6) is 1.13.